The van der Waals surface area contributed by atoms with Crippen LogP contribution in [0.25, 0.3) is 0 Å². The Labute approximate surface area is 115 Å². The Morgan fingerprint density at radius 2 is 1.74 bits per heavy atom. The summed E-state index contributed by atoms with van der Waals surface area (Å²) >= 11 is 0. The molecular weight excluding hydrogens is 266 g/mol. The highest BCUT2D eigenvalue weighted by atomic mass is 32.2. The Morgan fingerprint density at radius 3 is 2.37 bits per heavy atom. The van der Waals surface area contributed by atoms with Gasteiger partial charge in [0.05, 0.1) is 18.0 Å². The van der Waals surface area contributed by atoms with Crippen LogP contribution in [0.5, 0.6) is 0 Å². The molecule has 1 N–H and O–H groups in total. The van der Waals surface area contributed by atoms with Crippen molar-refractivity contribution < 1.29 is 13.2 Å². The predicted octanol–water partition coefficient (Wildman–Crippen LogP) is -0.915. The molecule has 2 unspecified atom stereocenters. The summed E-state index contributed by atoms with van der Waals surface area (Å²) in [4.78, 5) is 2.26. The molecule has 0 aromatic rings. The zero-order valence-corrected chi connectivity index (χ0v) is 12.1. The molecule has 0 amide bonds. The summed E-state index contributed by atoms with van der Waals surface area (Å²) in [6.07, 6.45) is 2.93. The summed E-state index contributed by atoms with van der Waals surface area (Å²) in [7, 11) is -3.09. The van der Waals surface area contributed by atoms with E-state index in [-0.39, 0.29) is 5.75 Å². The van der Waals surface area contributed by atoms with Gasteiger partial charge in [0.15, 0.2) is 0 Å². The van der Waals surface area contributed by atoms with Crippen LogP contribution in [0.3, 0.4) is 0 Å². The highest BCUT2D eigenvalue weighted by Crippen LogP contribution is 2.26. The molecule has 0 radical (unpaired) electrons. The minimum atomic E-state index is -3.09. The molecule has 2 bridgehead atoms. The summed E-state index contributed by atoms with van der Waals surface area (Å²) in [6.45, 7) is 5.18. The molecule has 3 fully saturated rings. The Balaban J connectivity index is 1.50. The van der Waals surface area contributed by atoms with Gasteiger partial charge in [-0.2, -0.15) is 4.31 Å². The normalized spacial score (nSPS) is 33.7. The third-order valence-electron chi connectivity index (χ3n) is 4.25. The molecule has 3 aliphatic rings. The van der Waals surface area contributed by atoms with Crippen LogP contribution in [-0.4, -0.2) is 81.4 Å². The number of hydrogen-bond acceptors (Lipinski definition) is 5. The zero-order chi connectivity index (χ0) is 13.3. The van der Waals surface area contributed by atoms with Gasteiger partial charge in [-0.1, -0.05) is 0 Å². The minimum absolute atomic E-state index is 0.242. The van der Waals surface area contributed by atoms with Gasteiger partial charge >= 0.3 is 0 Å². The second kappa shape index (κ2) is 5.65. The average molecular weight is 289 g/mol. The van der Waals surface area contributed by atoms with Crippen LogP contribution in [0.4, 0.5) is 0 Å². The van der Waals surface area contributed by atoms with Crippen LogP contribution in [0.2, 0.25) is 0 Å². The molecule has 0 aliphatic carbocycles. The van der Waals surface area contributed by atoms with E-state index in [2.05, 4.69) is 10.2 Å². The molecule has 0 aromatic heterocycles. The first-order valence-electron chi connectivity index (χ1n) is 7.20. The molecule has 3 aliphatic heterocycles. The van der Waals surface area contributed by atoms with Crippen LogP contribution < -0.4 is 5.32 Å². The molecule has 0 spiro atoms. The van der Waals surface area contributed by atoms with Gasteiger partial charge in [-0.3, -0.25) is 4.90 Å². The fourth-order valence-electron chi connectivity index (χ4n) is 3.18. The monoisotopic (exact) mass is 289 g/mol. The number of nitrogens with one attached hydrogen (secondary N) is 1. The van der Waals surface area contributed by atoms with Gasteiger partial charge in [0.25, 0.3) is 0 Å². The van der Waals surface area contributed by atoms with Crippen molar-refractivity contribution in [2.45, 2.75) is 25.0 Å². The Bertz CT molecular complexity index is 396. The van der Waals surface area contributed by atoms with Crippen molar-refractivity contribution in [3.8, 4) is 0 Å². The topological polar surface area (TPSA) is 61.9 Å². The number of likely N-dealkylation sites (tertiary alicyclic amines) is 1. The Kier molecular flexibility index (Phi) is 4.09. The van der Waals surface area contributed by atoms with Gasteiger partial charge in [0, 0.05) is 45.8 Å². The number of sulfonamides is 1. The molecule has 3 heterocycles. The average Bonchev–Trinajstić information content (AvgIpc) is 2.77. The Hall–Kier alpha value is -0.210. The number of morpholine rings is 1. The van der Waals surface area contributed by atoms with Gasteiger partial charge in [0.1, 0.15) is 0 Å². The van der Waals surface area contributed by atoms with Gasteiger partial charge in [-0.05, 0) is 12.8 Å². The highest BCUT2D eigenvalue weighted by Gasteiger charge is 2.34. The lowest BCUT2D eigenvalue weighted by Crippen LogP contribution is -2.49. The van der Waals surface area contributed by atoms with E-state index in [1.165, 1.54) is 0 Å². The number of hydrogen-bond donors (Lipinski definition) is 1. The zero-order valence-electron chi connectivity index (χ0n) is 11.3. The minimum Gasteiger partial charge on any atom is -0.372 e. The maximum absolute atomic E-state index is 12.2. The molecule has 110 valence electrons. The number of nitrogens with zero attached hydrogens (tertiary/aromatic N) is 2. The number of piperazine rings is 1. The van der Waals surface area contributed by atoms with E-state index in [4.69, 9.17) is 4.74 Å². The van der Waals surface area contributed by atoms with Crippen molar-refractivity contribution in [1.82, 2.24) is 14.5 Å². The van der Waals surface area contributed by atoms with Crippen molar-refractivity contribution in [3.05, 3.63) is 0 Å². The van der Waals surface area contributed by atoms with Crippen LogP contribution >= 0.6 is 0 Å². The molecule has 0 saturated carbocycles. The van der Waals surface area contributed by atoms with E-state index in [1.54, 1.807) is 4.31 Å². The van der Waals surface area contributed by atoms with Crippen molar-refractivity contribution in [3.63, 3.8) is 0 Å². The first kappa shape index (κ1) is 13.8. The second-order valence-electron chi connectivity index (χ2n) is 5.68. The lowest BCUT2D eigenvalue weighted by atomic mass is 10.2. The second-order valence-corrected chi connectivity index (χ2v) is 7.77. The van der Waals surface area contributed by atoms with E-state index in [0.29, 0.717) is 31.8 Å². The quantitative estimate of drug-likeness (QED) is 0.726. The van der Waals surface area contributed by atoms with E-state index in [9.17, 15) is 8.42 Å². The summed E-state index contributed by atoms with van der Waals surface area (Å²) in [6, 6.07) is 0. The highest BCUT2D eigenvalue weighted by molar-refractivity contribution is 7.89. The van der Waals surface area contributed by atoms with Crippen LogP contribution in [-0.2, 0) is 14.8 Å². The lowest BCUT2D eigenvalue weighted by Gasteiger charge is -2.33. The maximum atomic E-state index is 12.2. The first-order chi connectivity index (χ1) is 9.13. The van der Waals surface area contributed by atoms with Crippen LogP contribution in [0, 0.1) is 0 Å². The van der Waals surface area contributed by atoms with Crippen LogP contribution in [0.1, 0.15) is 12.8 Å². The summed E-state index contributed by atoms with van der Waals surface area (Å²) in [5.74, 6) is 0.242. The SMILES string of the molecule is O=S(=O)(CCN1CC2CCC(C1)O2)N1CCNCC1. The predicted molar refractivity (Wildman–Crippen MR) is 72.6 cm³/mol. The molecule has 3 saturated heterocycles. The van der Waals surface area contributed by atoms with E-state index < -0.39 is 10.0 Å². The van der Waals surface area contributed by atoms with Crippen molar-refractivity contribution in [1.29, 1.82) is 0 Å². The molecule has 0 aromatic carbocycles. The molecule has 19 heavy (non-hydrogen) atoms. The summed E-state index contributed by atoms with van der Waals surface area (Å²) < 4.78 is 31.9. The van der Waals surface area contributed by atoms with Crippen LogP contribution in [0.15, 0.2) is 0 Å². The fourth-order valence-corrected chi connectivity index (χ4v) is 4.66. The number of ether oxygens (including phenoxy) is 1. The van der Waals surface area contributed by atoms with Crippen molar-refractivity contribution in [2.24, 2.45) is 0 Å². The maximum Gasteiger partial charge on any atom is 0.215 e. The van der Waals surface area contributed by atoms with Gasteiger partial charge < -0.3 is 10.1 Å². The molecule has 3 rings (SSSR count). The molecule has 7 heteroatoms. The summed E-state index contributed by atoms with van der Waals surface area (Å²) in [5, 5.41) is 3.18. The fraction of sp³-hybridized carbons (Fsp3) is 1.00. The largest absolute Gasteiger partial charge is 0.372 e. The Morgan fingerprint density at radius 1 is 1.11 bits per heavy atom. The molecule has 6 nitrogen and oxygen atoms in total. The van der Waals surface area contributed by atoms with E-state index in [1.807, 2.05) is 0 Å². The number of rotatable bonds is 4. The van der Waals surface area contributed by atoms with Crippen molar-refractivity contribution >= 4 is 10.0 Å². The van der Waals surface area contributed by atoms with E-state index in [0.717, 1.165) is 39.0 Å². The van der Waals surface area contributed by atoms with Gasteiger partial charge in [0.2, 0.25) is 10.0 Å². The smallest absolute Gasteiger partial charge is 0.215 e. The first-order valence-corrected chi connectivity index (χ1v) is 8.81. The lowest BCUT2D eigenvalue weighted by molar-refractivity contribution is -0.0362. The van der Waals surface area contributed by atoms with Crippen molar-refractivity contribution in [2.75, 3.05) is 51.6 Å². The number of fused-ring (bicyclic) bond motifs is 2. The standard InChI is InChI=1S/C12H23N3O3S/c16-19(17,15-5-3-13-4-6-15)8-7-14-9-11-1-2-12(10-14)18-11/h11-13H,1-10H2. The van der Waals surface area contributed by atoms with Gasteiger partial charge in [-0.15, -0.1) is 0 Å². The molecule has 2 atom stereocenters. The van der Waals surface area contributed by atoms with E-state index >= 15 is 0 Å². The summed E-state index contributed by atoms with van der Waals surface area (Å²) in [5.41, 5.74) is 0. The third kappa shape index (κ3) is 3.28. The third-order valence-corrected chi connectivity index (χ3v) is 6.10. The molecular formula is C12H23N3O3S. The van der Waals surface area contributed by atoms with Gasteiger partial charge in [-0.25, -0.2) is 8.42 Å².